The molecule has 0 saturated carbocycles. The van der Waals surface area contributed by atoms with Crippen molar-refractivity contribution in [1.29, 1.82) is 5.26 Å². The smallest absolute Gasteiger partial charge is 0.161 e. The molecule has 0 radical (unpaired) electrons. The third kappa shape index (κ3) is 3.79. The number of ether oxygens (including phenoxy) is 3. The van der Waals surface area contributed by atoms with Crippen LogP contribution in [0.15, 0.2) is 65.2 Å². The molecule has 0 amide bonds. The fourth-order valence-electron chi connectivity index (χ4n) is 4.01. The van der Waals surface area contributed by atoms with Gasteiger partial charge in [0, 0.05) is 30.7 Å². The molecule has 4 aromatic rings. The predicted molar refractivity (Wildman–Crippen MR) is 121 cm³/mol. The molecule has 0 unspecified atom stereocenters. The Labute approximate surface area is 186 Å². The van der Waals surface area contributed by atoms with E-state index in [-0.39, 0.29) is 6.10 Å². The van der Waals surface area contributed by atoms with Gasteiger partial charge in [-0.1, -0.05) is 18.2 Å². The van der Waals surface area contributed by atoms with Crippen LogP contribution in [-0.4, -0.2) is 31.4 Å². The minimum Gasteiger partial charge on any atom is -0.496 e. The molecule has 6 heteroatoms. The van der Waals surface area contributed by atoms with Gasteiger partial charge in [0.25, 0.3) is 0 Å². The van der Waals surface area contributed by atoms with Crippen LogP contribution in [0.3, 0.4) is 0 Å². The van der Waals surface area contributed by atoms with Gasteiger partial charge in [0.1, 0.15) is 34.9 Å². The van der Waals surface area contributed by atoms with E-state index in [4.69, 9.17) is 18.6 Å². The largest absolute Gasteiger partial charge is 0.496 e. The summed E-state index contributed by atoms with van der Waals surface area (Å²) in [5.41, 5.74) is 4.49. The number of para-hydroxylation sites is 1. The molecule has 2 aromatic heterocycles. The highest BCUT2D eigenvalue weighted by Crippen LogP contribution is 2.38. The molecule has 2 aromatic carbocycles. The molecule has 0 bridgehead atoms. The summed E-state index contributed by atoms with van der Waals surface area (Å²) < 4.78 is 23.2. The lowest BCUT2D eigenvalue weighted by atomic mass is 10.0. The van der Waals surface area contributed by atoms with Gasteiger partial charge in [-0.2, -0.15) is 5.26 Å². The topological polar surface area (TPSA) is 77.5 Å². The molecule has 6 nitrogen and oxygen atoms in total. The van der Waals surface area contributed by atoms with Crippen molar-refractivity contribution in [3.63, 3.8) is 0 Å². The van der Waals surface area contributed by atoms with Gasteiger partial charge in [0.05, 0.1) is 31.5 Å². The van der Waals surface area contributed by atoms with Crippen LogP contribution in [0.1, 0.15) is 18.4 Å². The van der Waals surface area contributed by atoms with Crippen molar-refractivity contribution >= 4 is 11.1 Å². The van der Waals surface area contributed by atoms with Gasteiger partial charge >= 0.3 is 0 Å². The number of aromatic nitrogens is 1. The average Bonchev–Trinajstić information content (AvgIpc) is 3.29. The van der Waals surface area contributed by atoms with E-state index in [9.17, 15) is 5.26 Å². The van der Waals surface area contributed by atoms with Crippen LogP contribution in [0.4, 0.5) is 0 Å². The summed E-state index contributed by atoms with van der Waals surface area (Å²) in [6.07, 6.45) is 3.48. The summed E-state index contributed by atoms with van der Waals surface area (Å²) in [7, 11) is 1.64. The second kappa shape index (κ2) is 8.74. The molecule has 1 aliphatic rings. The molecular weight excluding hydrogens is 404 g/mol. The number of hydrogen-bond donors (Lipinski definition) is 0. The van der Waals surface area contributed by atoms with Crippen LogP contribution < -0.4 is 9.47 Å². The highest BCUT2D eigenvalue weighted by molar-refractivity contribution is 5.93. The number of nitrogens with zero attached hydrogens (tertiary/aromatic N) is 2. The number of pyridine rings is 1. The Kier molecular flexibility index (Phi) is 5.49. The molecule has 160 valence electrons. The first-order chi connectivity index (χ1) is 15.8. The summed E-state index contributed by atoms with van der Waals surface area (Å²) in [4.78, 5) is 4.47. The molecule has 3 heterocycles. The van der Waals surface area contributed by atoms with Crippen LogP contribution in [0, 0.1) is 11.3 Å². The van der Waals surface area contributed by atoms with Crippen molar-refractivity contribution in [3.05, 3.63) is 66.4 Å². The monoisotopic (exact) mass is 426 g/mol. The summed E-state index contributed by atoms with van der Waals surface area (Å²) in [5.74, 6) is 2.01. The highest BCUT2D eigenvalue weighted by atomic mass is 16.5. The van der Waals surface area contributed by atoms with E-state index < -0.39 is 0 Å². The third-order valence-corrected chi connectivity index (χ3v) is 5.66. The first-order valence-electron chi connectivity index (χ1n) is 10.6. The minimum atomic E-state index is 0.0721. The standard InChI is InChI=1S/C26H22N2O4/c1-29-24-5-3-2-4-21(24)25-15-22-26(32-25)20(8-11-28-22)17-6-7-23(18(14-17)16-27)31-19-9-12-30-13-10-19/h2-8,11,14-15,19H,9-10,12-13H2,1H3. The molecule has 1 fully saturated rings. The van der Waals surface area contributed by atoms with E-state index in [2.05, 4.69) is 11.1 Å². The summed E-state index contributed by atoms with van der Waals surface area (Å²) >= 11 is 0. The number of furan rings is 1. The quantitative estimate of drug-likeness (QED) is 0.413. The Morgan fingerprint density at radius 3 is 2.66 bits per heavy atom. The first kappa shape index (κ1) is 20.1. The van der Waals surface area contributed by atoms with Crippen LogP contribution in [-0.2, 0) is 4.74 Å². The maximum absolute atomic E-state index is 9.74. The zero-order chi connectivity index (χ0) is 21.9. The van der Waals surface area contributed by atoms with Crippen LogP contribution >= 0.6 is 0 Å². The molecule has 0 N–H and O–H groups in total. The van der Waals surface area contributed by atoms with Crippen molar-refractivity contribution in [2.45, 2.75) is 18.9 Å². The van der Waals surface area contributed by atoms with E-state index in [0.717, 1.165) is 40.8 Å². The van der Waals surface area contributed by atoms with Gasteiger partial charge in [0.2, 0.25) is 0 Å². The fourth-order valence-corrected chi connectivity index (χ4v) is 4.01. The number of nitriles is 1. The lowest BCUT2D eigenvalue weighted by Crippen LogP contribution is -2.26. The van der Waals surface area contributed by atoms with Gasteiger partial charge in [-0.3, -0.25) is 4.98 Å². The molecule has 0 spiro atoms. The van der Waals surface area contributed by atoms with Gasteiger partial charge in [0.15, 0.2) is 5.58 Å². The van der Waals surface area contributed by atoms with E-state index in [1.807, 2.05) is 54.6 Å². The third-order valence-electron chi connectivity index (χ3n) is 5.66. The molecular formula is C26H22N2O4. The normalized spacial score (nSPS) is 14.2. The zero-order valence-corrected chi connectivity index (χ0v) is 17.7. The van der Waals surface area contributed by atoms with Crippen molar-refractivity contribution < 1.29 is 18.6 Å². The van der Waals surface area contributed by atoms with E-state index in [0.29, 0.717) is 35.9 Å². The Balaban J connectivity index is 1.53. The Hall–Kier alpha value is -3.82. The Morgan fingerprint density at radius 2 is 1.84 bits per heavy atom. The van der Waals surface area contributed by atoms with Gasteiger partial charge < -0.3 is 18.6 Å². The number of rotatable bonds is 5. The summed E-state index contributed by atoms with van der Waals surface area (Å²) in [5, 5.41) is 9.74. The second-order valence-electron chi connectivity index (χ2n) is 7.64. The van der Waals surface area contributed by atoms with Gasteiger partial charge in [-0.05, 0) is 35.9 Å². The van der Waals surface area contributed by atoms with Crippen molar-refractivity contribution in [2.24, 2.45) is 0 Å². The van der Waals surface area contributed by atoms with Crippen molar-refractivity contribution in [1.82, 2.24) is 4.98 Å². The molecule has 0 atom stereocenters. The van der Waals surface area contributed by atoms with Gasteiger partial charge in [-0.15, -0.1) is 0 Å². The maximum atomic E-state index is 9.74. The maximum Gasteiger partial charge on any atom is 0.161 e. The molecule has 1 aliphatic heterocycles. The Morgan fingerprint density at radius 1 is 1.00 bits per heavy atom. The fraction of sp³-hybridized carbons (Fsp3) is 0.231. The van der Waals surface area contributed by atoms with E-state index in [1.54, 1.807) is 13.3 Å². The minimum absolute atomic E-state index is 0.0721. The van der Waals surface area contributed by atoms with Crippen molar-refractivity contribution in [2.75, 3.05) is 20.3 Å². The lowest BCUT2D eigenvalue weighted by Gasteiger charge is -2.23. The van der Waals surface area contributed by atoms with Crippen LogP contribution in [0.25, 0.3) is 33.6 Å². The van der Waals surface area contributed by atoms with E-state index >= 15 is 0 Å². The summed E-state index contributed by atoms with van der Waals surface area (Å²) in [6, 6.07) is 19.4. The predicted octanol–water partition coefficient (Wildman–Crippen LogP) is 5.60. The lowest BCUT2D eigenvalue weighted by molar-refractivity contribution is 0.0254. The van der Waals surface area contributed by atoms with Gasteiger partial charge in [-0.25, -0.2) is 0 Å². The second-order valence-corrected chi connectivity index (χ2v) is 7.64. The molecule has 1 saturated heterocycles. The number of fused-ring (bicyclic) bond motifs is 1. The first-order valence-corrected chi connectivity index (χ1v) is 10.6. The molecule has 32 heavy (non-hydrogen) atoms. The van der Waals surface area contributed by atoms with E-state index in [1.165, 1.54) is 0 Å². The zero-order valence-electron chi connectivity index (χ0n) is 17.7. The van der Waals surface area contributed by atoms with Crippen molar-refractivity contribution in [3.8, 4) is 40.0 Å². The number of methoxy groups -OCH3 is 1. The SMILES string of the molecule is COc1ccccc1-c1cc2nccc(-c3ccc(OC4CCOCC4)c(C#N)c3)c2o1. The molecule has 0 aliphatic carbocycles. The highest BCUT2D eigenvalue weighted by Gasteiger charge is 2.19. The molecule has 5 rings (SSSR count). The summed E-state index contributed by atoms with van der Waals surface area (Å²) in [6.45, 7) is 1.37. The number of benzene rings is 2. The Bertz CT molecular complexity index is 1300. The van der Waals surface area contributed by atoms with Crippen LogP contribution in [0.5, 0.6) is 11.5 Å². The number of hydrogen-bond acceptors (Lipinski definition) is 6. The van der Waals surface area contributed by atoms with Crippen LogP contribution in [0.2, 0.25) is 0 Å². The average molecular weight is 426 g/mol.